The summed E-state index contributed by atoms with van der Waals surface area (Å²) in [5, 5.41) is 5.52. The van der Waals surface area contributed by atoms with Crippen LogP contribution in [0, 0.1) is 5.41 Å². The molecule has 0 unspecified atom stereocenters. The predicted octanol–water partition coefficient (Wildman–Crippen LogP) is 3.71. The Morgan fingerprint density at radius 1 is 1.10 bits per heavy atom. The third-order valence-corrected chi connectivity index (χ3v) is 3.05. The van der Waals surface area contributed by atoms with E-state index in [0.29, 0.717) is 5.75 Å². The number of pyridine rings is 1. The van der Waals surface area contributed by atoms with Gasteiger partial charge >= 0.3 is 0 Å². The highest BCUT2D eigenvalue weighted by Crippen LogP contribution is 2.34. The Kier molecular flexibility index (Phi) is 4.02. The molecule has 2 rings (SSSR count). The van der Waals surface area contributed by atoms with Crippen molar-refractivity contribution < 1.29 is 9.47 Å². The van der Waals surface area contributed by atoms with Crippen molar-refractivity contribution >= 4 is 16.6 Å². The number of anilines is 1. The molecule has 0 aliphatic carbocycles. The fourth-order valence-electron chi connectivity index (χ4n) is 1.99. The molecule has 0 aliphatic rings. The van der Waals surface area contributed by atoms with Crippen molar-refractivity contribution in [2.45, 2.75) is 20.8 Å². The van der Waals surface area contributed by atoms with Gasteiger partial charge in [-0.25, -0.2) is 4.98 Å². The number of ether oxygens (including phenoxy) is 2. The van der Waals surface area contributed by atoms with E-state index in [1.54, 1.807) is 20.4 Å². The highest BCUT2D eigenvalue weighted by atomic mass is 16.5. The Bertz CT molecular complexity index is 603. The molecule has 0 bridgehead atoms. The summed E-state index contributed by atoms with van der Waals surface area (Å²) >= 11 is 0. The predicted molar refractivity (Wildman–Crippen MR) is 82.8 cm³/mol. The zero-order chi connectivity index (χ0) is 14.8. The first-order valence-electron chi connectivity index (χ1n) is 6.69. The Morgan fingerprint density at radius 3 is 2.35 bits per heavy atom. The first-order chi connectivity index (χ1) is 9.44. The van der Waals surface area contributed by atoms with Crippen molar-refractivity contribution in [1.29, 1.82) is 0 Å². The molecule has 0 atom stereocenters. The van der Waals surface area contributed by atoms with Crippen LogP contribution >= 0.6 is 0 Å². The van der Waals surface area contributed by atoms with Gasteiger partial charge in [-0.3, -0.25) is 0 Å². The molecule has 108 valence electrons. The zero-order valence-electron chi connectivity index (χ0n) is 12.8. The van der Waals surface area contributed by atoms with Gasteiger partial charge in [-0.1, -0.05) is 20.8 Å². The molecular weight excluding hydrogens is 252 g/mol. The summed E-state index contributed by atoms with van der Waals surface area (Å²) in [4.78, 5) is 4.43. The third kappa shape index (κ3) is 3.13. The highest BCUT2D eigenvalue weighted by molar-refractivity contribution is 5.94. The van der Waals surface area contributed by atoms with Gasteiger partial charge in [0.05, 0.1) is 14.2 Å². The fourth-order valence-corrected chi connectivity index (χ4v) is 1.99. The van der Waals surface area contributed by atoms with E-state index >= 15 is 0 Å². The van der Waals surface area contributed by atoms with Crippen molar-refractivity contribution in [2.24, 2.45) is 5.41 Å². The van der Waals surface area contributed by atoms with E-state index < -0.39 is 0 Å². The molecule has 0 saturated heterocycles. The van der Waals surface area contributed by atoms with Gasteiger partial charge in [0.1, 0.15) is 5.82 Å². The standard InChI is InChI=1S/C16H22N2O2/c1-16(2,3)10-18-15-12-9-14(20-5)13(19-4)8-11(12)6-7-17-15/h6-9H,10H2,1-5H3,(H,17,18). The molecule has 0 radical (unpaired) electrons. The summed E-state index contributed by atoms with van der Waals surface area (Å²) in [5.74, 6) is 2.32. The van der Waals surface area contributed by atoms with Crippen LogP contribution < -0.4 is 14.8 Å². The number of aromatic nitrogens is 1. The van der Waals surface area contributed by atoms with Crippen LogP contribution in [0.4, 0.5) is 5.82 Å². The van der Waals surface area contributed by atoms with E-state index in [2.05, 4.69) is 31.1 Å². The van der Waals surface area contributed by atoms with Gasteiger partial charge in [-0.15, -0.1) is 0 Å². The van der Waals surface area contributed by atoms with Gasteiger partial charge in [0.25, 0.3) is 0 Å². The summed E-state index contributed by atoms with van der Waals surface area (Å²) in [6.07, 6.45) is 1.80. The van der Waals surface area contributed by atoms with Gasteiger partial charge in [-0.2, -0.15) is 0 Å². The summed E-state index contributed by atoms with van der Waals surface area (Å²) in [6, 6.07) is 5.91. The van der Waals surface area contributed by atoms with Crippen LogP contribution in [-0.2, 0) is 0 Å². The van der Waals surface area contributed by atoms with E-state index in [9.17, 15) is 0 Å². The number of nitrogens with zero attached hydrogens (tertiary/aromatic N) is 1. The SMILES string of the molecule is COc1cc2ccnc(NCC(C)(C)C)c2cc1OC. The molecule has 1 aromatic carbocycles. The molecule has 20 heavy (non-hydrogen) atoms. The average molecular weight is 274 g/mol. The van der Waals surface area contributed by atoms with Crippen LogP contribution in [0.2, 0.25) is 0 Å². The summed E-state index contributed by atoms with van der Waals surface area (Å²) in [7, 11) is 3.28. The second kappa shape index (κ2) is 5.57. The molecule has 1 aromatic heterocycles. The van der Waals surface area contributed by atoms with Crippen LogP contribution in [0.1, 0.15) is 20.8 Å². The van der Waals surface area contributed by atoms with Crippen LogP contribution in [0.25, 0.3) is 10.8 Å². The Morgan fingerprint density at radius 2 is 1.75 bits per heavy atom. The minimum Gasteiger partial charge on any atom is -0.493 e. The second-order valence-electron chi connectivity index (χ2n) is 6.00. The Balaban J connectivity index is 2.45. The molecule has 2 aromatic rings. The van der Waals surface area contributed by atoms with Crippen molar-refractivity contribution in [2.75, 3.05) is 26.1 Å². The Labute approximate surface area is 120 Å². The molecular formula is C16H22N2O2. The van der Waals surface area contributed by atoms with Crippen molar-refractivity contribution in [1.82, 2.24) is 4.98 Å². The van der Waals surface area contributed by atoms with Crippen LogP contribution in [-0.4, -0.2) is 25.7 Å². The number of benzene rings is 1. The normalized spacial score (nSPS) is 11.4. The first-order valence-corrected chi connectivity index (χ1v) is 6.69. The molecule has 1 N–H and O–H groups in total. The van der Waals surface area contributed by atoms with Gasteiger partial charge in [0.2, 0.25) is 0 Å². The molecule has 4 nitrogen and oxygen atoms in total. The smallest absolute Gasteiger partial charge is 0.161 e. The number of rotatable bonds is 4. The van der Waals surface area contributed by atoms with E-state index in [4.69, 9.17) is 9.47 Å². The topological polar surface area (TPSA) is 43.4 Å². The lowest BCUT2D eigenvalue weighted by atomic mass is 9.97. The lowest BCUT2D eigenvalue weighted by Gasteiger charge is -2.20. The maximum Gasteiger partial charge on any atom is 0.161 e. The van der Waals surface area contributed by atoms with Gasteiger partial charge in [0.15, 0.2) is 11.5 Å². The lowest BCUT2D eigenvalue weighted by Crippen LogP contribution is -2.19. The van der Waals surface area contributed by atoms with E-state index in [1.165, 1.54) is 0 Å². The van der Waals surface area contributed by atoms with E-state index in [-0.39, 0.29) is 5.41 Å². The lowest BCUT2D eigenvalue weighted by molar-refractivity contribution is 0.356. The monoisotopic (exact) mass is 274 g/mol. The summed E-state index contributed by atoms with van der Waals surface area (Å²) < 4.78 is 10.7. The van der Waals surface area contributed by atoms with E-state index in [1.807, 2.05) is 18.2 Å². The molecule has 0 saturated carbocycles. The van der Waals surface area contributed by atoms with Crippen LogP contribution in [0.15, 0.2) is 24.4 Å². The maximum absolute atomic E-state index is 5.36. The molecule has 0 aliphatic heterocycles. The zero-order valence-corrected chi connectivity index (χ0v) is 12.8. The minimum atomic E-state index is 0.195. The Hall–Kier alpha value is -1.97. The van der Waals surface area contributed by atoms with Crippen molar-refractivity contribution in [3.05, 3.63) is 24.4 Å². The average Bonchev–Trinajstić information content (AvgIpc) is 2.42. The minimum absolute atomic E-state index is 0.195. The molecule has 4 heteroatoms. The maximum atomic E-state index is 5.36. The highest BCUT2D eigenvalue weighted by Gasteiger charge is 2.13. The largest absolute Gasteiger partial charge is 0.493 e. The third-order valence-electron chi connectivity index (χ3n) is 3.05. The van der Waals surface area contributed by atoms with Crippen molar-refractivity contribution in [3.63, 3.8) is 0 Å². The number of hydrogen-bond acceptors (Lipinski definition) is 4. The summed E-state index contributed by atoms with van der Waals surface area (Å²) in [5.41, 5.74) is 0.195. The van der Waals surface area contributed by atoms with Crippen LogP contribution in [0.5, 0.6) is 11.5 Å². The molecule has 0 spiro atoms. The number of methoxy groups -OCH3 is 2. The molecule has 0 amide bonds. The number of nitrogens with one attached hydrogen (secondary N) is 1. The molecule has 1 heterocycles. The molecule has 0 fully saturated rings. The second-order valence-corrected chi connectivity index (χ2v) is 6.00. The van der Waals surface area contributed by atoms with Gasteiger partial charge < -0.3 is 14.8 Å². The number of fused-ring (bicyclic) bond motifs is 1. The quantitative estimate of drug-likeness (QED) is 0.923. The number of hydrogen-bond donors (Lipinski definition) is 1. The van der Waals surface area contributed by atoms with Crippen molar-refractivity contribution in [3.8, 4) is 11.5 Å². The van der Waals surface area contributed by atoms with E-state index in [0.717, 1.165) is 28.9 Å². The van der Waals surface area contributed by atoms with Gasteiger partial charge in [-0.05, 0) is 29.0 Å². The van der Waals surface area contributed by atoms with Gasteiger partial charge in [0, 0.05) is 18.1 Å². The van der Waals surface area contributed by atoms with Crippen LogP contribution in [0.3, 0.4) is 0 Å². The summed E-state index contributed by atoms with van der Waals surface area (Å²) in [6.45, 7) is 7.42. The fraction of sp³-hybridized carbons (Fsp3) is 0.438. The first kappa shape index (κ1) is 14.4.